The van der Waals surface area contributed by atoms with E-state index < -0.39 is 12.1 Å². The van der Waals surface area contributed by atoms with Crippen molar-refractivity contribution >= 4 is 16.7 Å². The average Bonchev–Trinajstić information content (AvgIpc) is 2.75. The van der Waals surface area contributed by atoms with Crippen LogP contribution in [0.1, 0.15) is 18.4 Å². The predicted molar refractivity (Wildman–Crippen MR) is 114 cm³/mol. The number of phenols is 1. The van der Waals surface area contributed by atoms with Crippen molar-refractivity contribution in [3.05, 3.63) is 66.5 Å². The van der Waals surface area contributed by atoms with Crippen LogP contribution in [-0.4, -0.2) is 46.3 Å². The molecule has 1 aromatic heterocycles. The maximum atomic E-state index is 10.7. The minimum atomic E-state index is -4.86. The van der Waals surface area contributed by atoms with Crippen molar-refractivity contribution in [2.45, 2.75) is 31.7 Å². The molecule has 0 radical (unpaired) electrons. The van der Waals surface area contributed by atoms with Gasteiger partial charge in [0.15, 0.2) is 0 Å². The molecule has 3 aromatic rings. The topological polar surface area (TPSA) is 88.7 Å². The van der Waals surface area contributed by atoms with Gasteiger partial charge in [0.05, 0.1) is 0 Å². The summed E-state index contributed by atoms with van der Waals surface area (Å²) < 4.78 is 38.3. The highest BCUT2D eigenvalue weighted by atomic mass is 19.4. The Morgan fingerprint density at radius 3 is 2.50 bits per heavy atom. The lowest BCUT2D eigenvalue weighted by Crippen LogP contribution is -2.37. The Labute approximate surface area is 183 Å². The zero-order valence-electron chi connectivity index (χ0n) is 17.3. The van der Waals surface area contributed by atoms with Gasteiger partial charge in [-0.05, 0) is 60.2 Å². The lowest BCUT2D eigenvalue weighted by molar-refractivity contribution is -0.169. The zero-order valence-corrected chi connectivity index (χ0v) is 17.3. The van der Waals surface area contributed by atoms with Gasteiger partial charge in [-0.2, -0.15) is 13.2 Å². The number of rotatable bonds is 4. The Morgan fingerprint density at radius 1 is 1.12 bits per heavy atom. The number of carbonyl (C=O) groups excluding carboxylic acids is 1. The normalized spacial score (nSPS) is 15.1. The number of aromatic hydroxyl groups is 1. The number of alkyl halides is 3. The second kappa shape index (κ2) is 10.3. The van der Waals surface area contributed by atoms with E-state index >= 15 is 0 Å². The molecule has 32 heavy (non-hydrogen) atoms. The number of nitrogens with zero attached hydrogens (tertiary/aromatic N) is 2. The molecule has 0 saturated carbocycles. The van der Waals surface area contributed by atoms with Crippen molar-refractivity contribution in [2.75, 3.05) is 13.1 Å². The van der Waals surface area contributed by atoms with E-state index in [0.29, 0.717) is 5.75 Å². The Kier molecular flexibility index (Phi) is 7.53. The molecule has 0 bridgehead atoms. The summed E-state index contributed by atoms with van der Waals surface area (Å²) in [6, 6.07) is 15.7. The average molecular weight is 447 g/mol. The van der Waals surface area contributed by atoms with E-state index in [0.717, 1.165) is 54.6 Å². The van der Waals surface area contributed by atoms with Crippen molar-refractivity contribution in [1.29, 1.82) is 0 Å². The monoisotopic (exact) mass is 447 g/mol. The van der Waals surface area contributed by atoms with Crippen molar-refractivity contribution in [1.82, 2.24) is 9.88 Å². The first-order valence-corrected chi connectivity index (χ1v) is 10.1. The Hall–Kier alpha value is -3.33. The molecule has 0 atom stereocenters. The highest BCUT2D eigenvalue weighted by molar-refractivity contribution is 5.82. The molecule has 0 spiro atoms. The van der Waals surface area contributed by atoms with E-state index in [4.69, 9.17) is 9.53 Å². The molecule has 6 nitrogen and oxygen atoms in total. The van der Waals surface area contributed by atoms with Crippen LogP contribution in [0.2, 0.25) is 0 Å². The van der Waals surface area contributed by atoms with E-state index in [9.17, 15) is 18.3 Å². The van der Waals surface area contributed by atoms with Crippen LogP contribution in [0.3, 0.4) is 0 Å². The van der Waals surface area contributed by atoms with Crippen molar-refractivity contribution in [3.8, 4) is 11.5 Å². The third-order valence-electron chi connectivity index (χ3n) is 5.05. The van der Waals surface area contributed by atoms with Gasteiger partial charge in [-0.15, -0.1) is 0 Å². The van der Waals surface area contributed by atoms with Crippen LogP contribution in [0, 0.1) is 0 Å². The third kappa shape index (κ3) is 6.84. The number of hydrogen-bond donors (Lipinski definition) is 2. The van der Waals surface area contributed by atoms with Crippen LogP contribution >= 0.6 is 0 Å². The summed E-state index contributed by atoms with van der Waals surface area (Å²) in [6.45, 7) is 2.90. The molecule has 1 aliphatic heterocycles. The van der Waals surface area contributed by atoms with Crippen molar-refractivity contribution in [3.63, 3.8) is 0 Å². The van der Waals surface area contributed by atoms with Gasteiger partial charge < -0.3 is 15.6 Å². The first-order chi connectivity index (χ1) is 15.2. The smallest absolute Gasteiger partial charge is 0.470 e. The quantitative estimate of drug-likeness (QED) is 0.631. The van der Waals surface area contributed by atoms with Crippen molar-refractivity contribution in [2.24, 2.45) is 5.73 Å². The lowest BCUT2D eigenvalue weighted by atomic mass is 10.1. The van der Waals surface area contributed by atoms with Gasteiger partial charge >= 0.3 is 12.1 Å². The molecule has 1 saturated heterocycles. The second-order valence-electron chi connectivity index (χ2n) is 7.51. The number of nitrogens with two attached hydrogens (primary N) is 1. The maximum absolute atomic E-state index is 10.7. The molecular weight excluding hydrogens is 423 g/mol. The molecule has 0 unspecified atom stereocenters. The first-order valence-electron chi connectivity index (χ1n) is 10.1. The number of phenolic OH excluding ortho intramolecular Hbond substituents is 1. The zero-order chi connectivity index (χ0) is 23.1. The standard InChI is InChI=1S/C21H22N2O2.C2H2F3NO/c24-19-3-1-2-16(12-19)15-23-10-7-20(8-11-23)25-21-5-4-18-14-22-9-6-17(18)13-21;3-2(4,5)1(6)7/h1-6,9,12-14,20,24H,7-8,10-11,15H2;(H2,6,7). The number of benzene rings is 2. The van der Waals surface area contributed by atoms with Gasteiger partial charge in [0.1, 0.15) is 17.6 Å². The van der Waals surface area contributed by atoms with Gasteiger partial charge in [-0.25, -0.2) is 0 Å². The SMILES string of the molecule is NC(=O)C(F)(F)F.Oc1cccc(CN2CCC(Oc3ccc4cnccc4c3)CC2)c1. The number of pyridine rings is 1. The highest BCUT2D eigenvalue weighted by Crippen LogP contribution is 2.24. The van der Waals surface area contributed by atoms with Crippen LogP contribution in [-0.2, 0) is 11.3 Å². The maximum Gasteiger partial charge on any atom is 0.470 e. The Bertz CT molecular complexity index is 1050. The van der Waals surface area contributed by atoms with Gasteiger partial charge in [-0.3, -0.25) is 14.7 Å². The molecule has 170 valence electrons. The van der Waals surface area contributed by atoms with Crippen LogP contribution < -0.4 is 10.5 Å². The molecule has 2 aromatic carbocycles. The van der Waals surface area contributed by atoms with Crippen LogP contribution in [0.15, 0.2) is 60.9 Å². The van der Waals surface area contributed by atoms with Crippen molar-refractivity contribution < 1.29 is 27.8 Å². The minimum absolute atomic E-state index is 0.264. The number of halogens is 3. The molecule has 1 amide bonds. The van der Waals surface area contributed by atoms with E-state index in [1.165, 1.54) is 0 Å². The van der Waals surface area contributed by atoms with Gasteiger partial charge in [0.25, 0.3) is 0 Å². The molecule has 9 heteroatoms. The number of ether oxygens (including phenoxy) is 1. The number of fused-ring (bicyclic) bond motifs is 1. The largest absolute Gasteiger partial charge is 0.508 e. The van der Waals surface area contributed by atoms with Crippen LogP contribution in [0.25, 0.3) is 10.8 Å². The molecule has 1 aliphatic rings. The summed E-state index contributed by atoms with van der Waals surface area (Å²) in [6.07, 6.45) is 1.13. The summed E-state index contributed by atoms with van der Waals surface area (Å²) in [5.74, 6) is -0.986. The number of likely N-dealkylation sites (tertiary alicyclic amines) is 1. The molecular formula is C23H24F3N3O3. The fourth-order valence-electron chi connectivity index (χ4n) is 3.43. The van der Waals surface area contributed by atoms with Gasteiger partial charge in [0.2, 0.25) is 0 Å². The molecule has 2 heterocycles. The fraction of sp³-hybridized carbons (Fsp3) is 0.304. The predicted octanol–water partition coefficient (Wildman–Crippen LogP) is 4.02. The number of piperidine rings is 1. The summed E-state index contributed by atoms with van der Waals surface area (Å²) >= 11 is 0. The fourth-order valence-corrected chi connectivity index (χ4v) is 3.43. The summed E-state index contributed by atoms with van der Waals surface area (Å²) in [5.41, 5.74) is 4.96. The summed E-state index contributed by atoms with van der Waals surface area (Å²) in [5, 5.41) is 11.9. The van der Waals surface area contributed by atoms with E-state index in [2.05, 4.69) is 33.8 Å². The van der Waals surface area contributed by atoms with Gasteiger partial charge in [0, 0.05) is 37.4 Å². The molecule has 3 N–H and O–H groups in total. The number of aromatic nitrogens is 1. The third-order valence-corrected chi connectivity index (χ3v) is 5.05. The van der Waals surface area contributed by atoms with Crippen LogP contribution in [0.5, 0.6) is 11.5 Å². The van der Waals surface area contributed by atoms with Crippen LogP contribution in [0.4, 0.5) is 13.2 Å². The Balaban J connectivity index is 0.000000360. The summed E-state index contributed by atoms with van der Waals surface area (Å²) in [4.78, 5) is 15.7. The van der Waals surface area contributed by atoms with Gasteiger partial charge in [-0.1, -0.05) is 12.1 Å². The minimum Gasteiger partial charge on any atom is -0.508 e. The number of primary amides is 1. The number of amides is 1. The van der Waals surface area contributed by atoms with E-state index in [1.54, 1.807) is 6.07 Å². The molecule has 1 fully saturated rings. The van der Waals surface area contributed by atoms with E-state index in [-0.39, 0.29) is 6.10 Å². The number of hydrogen-bond acceptors (Lipinski definition) is 5. The van der Waals surface area contributed by atoms with E-state index in [1.807, 2.05) is 36.7 Å². The number of carbonyl (C=O) groups is 1. The first kappa shape index (κ1) is 23.3. The lowest BCUT2D eigenvalue weighted by Gasteiger charge is -2.32. The molecule has 4 rings (SSSR count). The highest BCUT2D eigenvalue weighted by Gasteiger charge is 2.35. The summed E-state index contributed by atoms with van der Waals surface area (Å²) in [7, 11) is 0. The Morgan fingerprint density at radius 2 is 1.84 bits per heavy atom. The second-order valence-corrected chi connectivity index (χ2v) is 7.51. The molecule has 0 aliphatic carbocycles.